The third-order valence-corrected chi connectivity index (χ3v) is 13.0. The molecule has 1 aliphatic heterocycles. The van der Waals surface area contributed by atoms with E-state index in [0.717, 1.165) is 45.7 Å². The van der Waals surface area contributed by atoms with Crippen LogP contribution in [-0.4, -0.2) is 10.4 Å². The lowest BCUT2D eigenvalue weighted by atomic mass is 9.96. The Bertz CT molecular complexity index is 3190. The topological polar surface area (TPSA) is 54.5 Å². The average molecular weight is 753 g/mol. The Kier molecular flexibility index (Phi) is 7.37. The van der Waals surface area contributed by atoms with Gasteiger partial charge in [0.15, 0.2) is 0 Å². The van der Waals surface area contributed by atoms with E-state index in [1.807, 2.05) is 17.4 Å². The number of furan rings is 1. The molecule has 12 rings (SSSR count). The summed E-state index contributed by atoms with van der Waals surface area (Å²) in [5.41, 5.74) is 10.3. The molecule has 0 bridgehead atoms. The van der Waals surface area contributed by atoms with Crippen molar-refractivity contribution in [1.29, 1.82) is 0 Å². The van der Waals surface area contributed by atoms with Gasteiger partial charge in [0, 0.05) is 58.5 Å². The van der Waals surface area contributed by atoms with Crippen LogP contribution in [0.4, 0.5) is 0 Å². The first-order valence-corrected chi connectivity index (χ1v) is 20.4. The molecule has 3 unspecified atom stereocenters. The van der Waals surface area contributed by atoms with Crippen molar-refractivity contribution in [3.8, 4) is 11.1 Å². The monoisotopic (exact) mass is 752 g/mol. The van der Waals surface area contributed by atoms with Crippen LogP contribution in [0.15, 0.2) is 179 Å². The van der Waals surface area contributed by atoms with Gasteiger partial charge < -0.3 is 14.3 Å². The van der Waals surface area contributed by atoms with Crippen molar-refractivity contribution in [3.05, 3.63) is 198 Å². The second-order valence-electron chi connectivity index (χ2n) is 15.1. The van der Waals surface area contributed by atoms with Crippen LogP contribution in [0.1, 0.15) is 52.8 Å². The van der Waals surface area contributed by atoms with Gasteiger partial charge in [0.2, 0.25) is 0 Å². The second-order valence-corrected chi connectivity index (χ2v) is 16.2. The van der Waals surface area contributed by atoms with Crippen LogP contribution in [0.3, 0.4) is 0 Å². The zero-order chi connectivity index (χ0) is 37.5. The fourth-order valence-corrected chi connectivity index (χ4v) is 10.4. The van der Waals surface area contributed by atoms with Crippen molar-refractivity contribution >= 4 is 76.2 Å². The third-order valence-electron chi connectivity index (χ3n) is 11.8. The highest BCUT2D eigenvalue weighted by atomic mass is 32.1. The number of thiophene rings is 1. The van der Waals surface area contributed by atoms with Gasteiger partial charge in [-0.25, -0.2) is 4.99 Å². The molecule has 0 saturated heterocycles. The normalized spacial score (nSPS) is 18.0. The molecule has 0 amide bonds. The summed E-state index contributed by atoms with van der Waals surface area (Å²) in [5, 5.41) is 13.8. The smallest absolute Gasteiger partial charge is 0.135 e. The fourth-order valence-electron chi connectivity index (χ4n) is 9.21. The summed E-state index contributed by atoms with van der Waals surface area (Å²) in [6.07, 6.45) is 5.11. The largest absolute Gasteiger partial charge is 0.458 e. The Balaban J connectivity index is 0.924. The number of fused-ring (bicyclic) bond motifs is 9. The van der Waals surface area contributed by atoms with E-state index in [0.29, 0.717) is 0 Å². The average Bonchev–Trinajstić information content (AvgIpc) is 3.96. The number of aromatic nitrogens is 1. The summed E-state index contributed by atoms with van der Waals surface area (Å²) in [6, 6.07) is 58.8. The predicted molar refractivity (Wildman–Crippen MR) is 237 cm³/mol. The number of amidine groups is 1. The zero-order valence-electron chi connectivity index (χ0n) is 30.9. The van der Waals surface area contributed by atoms with Gasteiger partial charge >= 0.3 is 0 Å². The molecule has 5 nitrogen and oxygen atoms in total. The maximum atomic E-state index is 6.89. The molecular weight excluding hydrogens is 717 g/mol. The molecule has 0 saturated carbocycles. The van der Waals surface area contributed by atoms with Crippen molar-refractivity contribution < 1.29 is 4.42 Å². The van der Waals surface area contributed by atoms with Crippen molar-refractivity contribution in [2.45, 2.75) is 24.8 Å². The first kappa shape index (κ1) is 32.5. The Hall–Kier alpha value is -6.73. The standard InChI is InChI=1S/C51H36N4OS/c1-3-13-31(14-4-1)49-52-50(32-15-5-2-6-16-32)54-51(53-49)40-20-12-24-45-47(40)39-28-26-34(30-46(39)57-45)33-25-27-37-38-19-11-23-43(48(38)56-44(37)29-33)55-41-21-9-7-17-35(41)36-18-8-10-22-42(36)55/h1-22,24-30,43,49,51,53H,23H2,(H,52,54). The first-order chi connectivity index (χ1) is 28.2. The van der Waals surface area contributed by atoms with Crippen molar-refractivity contribution in [2.24, 2.45) is 4.99 Å². The zero-order valence-corrected chi connectivity index (χ0v) is 31.7. The number of aliphatic imine (C=N–C) groups is 1. The van der Waals surface area contributed by atoms with Gasteiger partial charge in [0.25, 0.3) is 0 Å². The summed E-state index contributed by atoms with van der Waals surface area (Å²) < 4.78 is 11.9. The highest BCUT2D eigenvalue weighted by Gasteiger charge is 2.29. The Morgan fingerprint density at radius 3 is 2.11 bits per heavy atom. The lowest BCUT2D eigenvalue weighted by Gasteiger charge is -2.32. The molecule has 0 radical (unpaired) electrons. The van der Waals surface area contributed by atoms with Gasteiger partial charge in [-0.05, 0) is 65.1 Å². The van der Waals surface area contributed by atoms with E-state index in [4.69, 9.17) is 9.41 Å². The number of rotatable bonds is 5. The summed E-state index contributed by atoms with van der Waals surface area (Å²) in [6.45, 7) is 0. The molecule has 3 atom stereocenters. The van der Waals surface area contributed by atoms with E-state index in [1.165, 1.54) is 58.7 Å². The van der Waals surface area contributed by atoms with E-state index in [9.17, 15) is 0 Å². The maximum absolute atomic E-state index is 6.89. The number of allylic oxidation sites excluding steroid dienone is 1. The van der Waals surface area contributed by atoms with Crippen molar-refractivity contribution in [3.63, 3.8) is 0 Å². The van der Waals surface area contributed by atoms with Gasteiger partial charge in [-0.3, -0.25) is 5.32 Å². The van der Waals surface area contributed by atoms with Gasteiger partial charge in [-0.15, -0.1) is 11.3 Å². The Labute approximate surface area is 333 Å². The van der Waals surface area contributed by atoms with Gasteiger partial charge in [0.1, 0.15) is 29.5 Å². The van der Waals surface area contributed by atoms with Gasteiger partial charge in [0.05, 0.1) is 6.04 Å². The van der Waals surface area contributed by atoms with Crippen LogP contribution in [0.2, 0.25) is 0 Å². The number of hydrogen-bond acceptors (Lipinski definition) is 5. The van der Waals surface area contributed by atoms with Crippen LogP contribution < -0.4 is 10.6 Å². The van der Waals surface area contributed by atoms with Crippen LogP contribution in [0.5, 0.6) is 0 Å². The third kappa shape index (κ3) is 5.22. The first-order valence-electron chi connectivity index (χ1n) is 19.6. The molecule has 57 heavy (non-hydrogen) atoms. The lowest BCUT2D eigenvalue weighted by Crippen LogP contribution is -2.45. The molecule has 4 heterocycles. The van der Waals surface area contributed by atoms with E-state index in [1.54, 1.807) is 0 Å². The SMILES string of the molecule is C1=Cc2c(oc3cc(-c4ccc5c(c4)sc4cccc(C6NC(c7ccccc7)=NC(c7ccccc7)N6)c45)ccc23)C(n2c3ccccc3c3ccccc32)C1. The highest BCUT2D eigenvalue weighted by Crippen LogP contribution is 2.44. The lowest BCUT2D eigenvalue weighted by molar-refractivity contribution is 0.411. The number of nitrogens with zero attached hydrogens (tertiary/aromatic N) is 2. The highest BCUT2D eigenvalue weighted by molar-refractivity contribution is 7.25. The molecule has 10 aromatic rings. The molecule has 1 aliphatic carbocycles. The summed E-state index contributed by atoms with van der Waals surface area (Å²) in [7, 11) is 0. The molecule has 2 aliphatic rings. The Morgan fingerprint density at radius 2 is 1.32 bits per heavy atom. The Morgan fingerprint density at radius 1 is 0.614 bits per heavy atom. The molecule has 272 valence electrons. The molecular formula is C51H36N4OS. The van der Waals surface area contributed by atoms with E-state index < -0.39 is 0 Å². The maximum Gasteiger partial charge on any atom is 0.135 e. The van der Waals surface area contributed by atoms with Gasteiger partial charge in [-0.1, -0.05) is 140 Å². The molecule has 6 heteroatoms. The minimum atomic E-state index is -0.186. The molecule has 0 fully saturated rings. The number of hydrogen-bond donors (Lipinski definition) is 2. The molecule has 2 N–H and O–H groups in total. The summed E-state index contributed by atoms with van der Waals surface area (Å²) in [4.78, 5) is 5.14. The van der Waals surface area contributed by atoms with Crippen LogP contribution >= 0.6 is 11.3 Å². The minimum Gasteiger partial charge on any atom is -0.458 e. The summed E-state index contributed by atoms with van der Waals surface area (Å²) in [5.74, 6) is 1.92. The minimum absolute atomic E-state index is 0.0703. The number of para-hydroxylation sites is 2. The van der Waals surface area contributed by atoms with Crippen molar-refractivity contribution in [2.75, 3.05) is 0 Å². The molecule has 7 aromatic carbocycles. The van der Waals surface area contributed by atoms with Crippen LogP contribution in [0.25, 0.3) is 70.2 Å². The van der Waals surface area contributed by atoms with Crippen LogP contribution in [-0.2, 0) is 0 Å². The van der Waals surface area contributed by atoms with Crippen LogP contribution in [0, 0.1) is 0 Å². The summed E-state index contributed by atoms with van der Waals surface area (Å²) >= 11 is 1.85. The van der Waals surface area contributed by atoms with E-state index in [2.05, 4.69) is 185 Å². The van der Waals surface area contributed by atoms with E-state index >= 15 is 0 Å². The predicted octanol–water partition coefficient (Wildman–Crippen LogP) is 12.9. The second kappa shape index (κ2) is 12.9. The molecule has 0 spiro atoms. The molecule has 3 aromatic heterocycles. The number of benzene rings is 7. The number of nitrogens with one attached hydrogen (secondary N) is 2. The fraction of sp³-hybridized carbons (Fsp3) is 0.0784. The quantitative estimate of drug-likeness (QED) is 0.184. The van der Waals surface area contributed by atoms with Crippen molar-refractivity contribution in [1.82, 2.24) is 15.2 Å². The van der Waals surface area contributed by atoms with Gasteiger partial charge in [-0.2, -0.15) is 0 Å². The van der Waals surface area contributed by atoms with E-state index in [-0.39, 0.29) is 18.4 Å².